The van der Waals surface area contributed by atoms with Gasteiger partial charge in [-0.05, 0) is 12.0 Å². The maximum atomic E-state index is 11.2. The first-order valence-corrected chi connectivity index (χ1v) is 4.17. The standard InChI is InChI=1S/C9H16N2O2/c1-5-7(12)11-8(6(2)3)9(13)10-4/h5-6,8H,1H2,2-4H3,(H,10,13)(H,11,12). The predicted molar refractivity (Wildman–Crippen MR) is 51.0 cm³/mol. The smallest absolute Gasteiger partial charge is 0.244 e. The number of hydrogen-bond donors (Lipinski definition) is 2. The highest BCUT2D eigenvalue weighted by Crippen LogP contribution is 2.01. The molecule has 0 saturated carbocycles. The highest BCUT2D eigenvalue weighted by Gasteiger charge is 2.21. The molecule has 13 heavy (non-hydrogen) atoms. The second kappa shape index (κ2) is 5.35. The summed E-state index contributed by atoms with van der Waals surface area (Å²) in [4.78, 5) is 22.2. The van der Waals surface area contributed by atoms with Crippen LogP contribution >= 0.6 is 0 Å². The lowest BCUT2D eigenvalue weighted by atomic mass is 10.0. The normalized spacial score (nSPS) is 12.0. The molecule has 0 radical (unpaired) electrons. The van der Waals surface area contributed by atoms with Crippen molar-refractivity contribution in [2.45, 2.75) is 19.9 Å². The summed E-state index contributed by atoms with van der Waals surface area (Å²) in [5.41, 5.74) is 0. The van der Waals surface area contributed by atoms with Crippen molar-refractivity contribution in [3.05, 3.63) is 12.7 Å². The van der Waals surface area contributed by atoms with Crippen LogP contribution < -0.4 is 10.6 Å². The van der Waals surface area contributed by atoms with E-state index in [-0.39, 0.29) is 17.7 Å². The molecule has 0 rings (SSSR count). The van der Waals surface area contributed by atoms with Crippen LogP contribution in [0.15, 0.2) is 12.7 Å². The zero-order chi connectivity index (χ0) is 10.4. The molecule has 0 aromatic heterocycles. The zero-order valence-corrected chi connectivity index (χ0v) is 8.26. The van der Waals surface area contributed by atoms with Crippen LogP contribution in [-0.4, -0.2) is 24.9 Å². The van der Waals surface area contributed by atoms with Crippen molar-refractivity contribution in [2.24, 2.45) is 5.92 Å². The number of likely N-dealkylation sites (N-methyl/N-ethyl adjacent to an activating group) is 1. The Morgan fingerprint density at radius 1 is 1.38 bits per heavy atom. The van der Waals surface area contributed by atoms with E-state index < -0.39 is 6.04 Å². The molecule has 1 unspecified atom stereocenters. The first-order valence-electron chi connectivity index (χ1n) is 4.17. The summed E-state index contributed by atoms with van der Waals surface area (Å²) in [5, 5.41) is 5.04. The van der Waals surface area contributed by atoms with Crippen molar-refractivity contribution in [3.63, 3.8) is 0 Å². The molecule has 0 fully saturated rings. The number of amides is 2. The predicted octanol–water partition coefficient (Wildman–Crippen LogP) is 0.0592. The minimum absolute atomic E-state index is 0.0591. The Morgan fingerprint density at radius 2 is 1.92 bits per heavy atom. The Balaban J connectivity index is 4.34. The Bertz CT molecular complexity index is 212. The van der Waals surface area contributed by atoms with E-state index in [1.54, 1.807) is 0 Å². The van der Waals surface area contributed by atoms with Crippen molar-refractivity contribution >= 4 is 11.8 Å². The molecule has 0 aliphatic heterocycles. The fourth-order valence-corrected chi connectivity index (χ4v) is 0.903. The molecule has 0 bridgehead atoms. The summed E-state index contributed by atoms with van der Waals surface area (Å²) in [6.45, 7) is 7.04. The SMILES string of the molecule is C=CC(=O)NC(C(=O)NC)C(C)C. The molecule has 0 aliphatic rings. The van der Waals surface area contributed by atoms with Gasteiger partial charge in [-0.25, -0.2) is 0 Å². The minimum Gasteiger partial charge on any atom is -0.357 e. The van der Waals surface area contributed by atoms with Crippen LogP contribution in [0.25, 0.3) is 0 Å². The van der Waals surface area contributed by atoms with Crippen molar-refractivity contribution in [3.8, 4) is 0 Å². The lowest BCUT2D eigenvalue weighted by molar-refractivity contribution is -0.127. The molecule has 0 aliphatic carbocycles. The molecule has 2 N–H and O–H groups in total. The third kappa shape index (κ3) is 3.73. The van der Waals surface area contributed by atoms with Crippen LogP contribution in [0.1, 0.15) is 13.8 Å². The van der Waals surface area contributed by atoms with E-state index >= 15 is 0 Å². The third-order valence-corrected chi connectivity index (χ3v) is 1.68. The summed E-state index contributed by atoms with van der Waals surface area (Å²) >= 11 is 0. The van der Waals surface area contributed by atoms with Crippen molar-refractivity contribution in [1.82, 2.24) is 10.6 Å². The van der Waals surface area contributed by atoms with Gasteiger partial charge >= 0.3 is 0 Å². The van der Waals surface area contributed by atoms with E-state index in [0.717, 1.165) is 6.08 Å². The van der Waals surface area contributed by atoms with Gasteiger partial charge in [0.05, 0.1) is 0 Å². The van der Waals surface area contributed by atoms with Crippen LogP contribution in [0.3, 0.4) is 0 Å². The molecular formula is C9H16N2O2. The Kier molecular flexibility index (Phi) is 4.80. The van der Waals surface area contributed by atoms with Crippen molar-refractivity contribution in [2.75, 3.05) is 7.05 Å². The van der Waals surface area contributed by atoms with Gasteiger partial charge in [0, 0.05) is 7.05 Å². The molecule has 2 amide bonds. The first-order chi connectivity index (χ1) is 6.02. The van der Waals surface area contributed by atoms with Gasteiger partial charge in [-0.1, -0.05) is 20.4 Å². The van der Waals surface area contributed by atoms with Crippen LogP contribution in [0.4, 0.5) is 0 Å². The maximum absolute atomic E-state index is 11.2. The van der Waals surface area contributed by atoms with Gasteiger partial charge in [0.15, 0.2) is 0 Å². The lowest BCUT2D eigenvalue weighted by Gasteiger charge is -2.19. The summed E-state index contributed by atoms with van der Waals surface area (Å²) in [7, 11) is 1.54. The van der Waals surface area contributed by atoms with Crippen LogP contribution in [0.5, 0.6) is 0 Å². The van der Waals surface area contributed by atoms with Gasteiger partial charge in [-0.2, -0.15) is 0 Å². The molecule has 0 saturated heterocycles. The fourth-order valence-electron chi connectivity index (χ4n) is 0.903. The Hall–Kier alpha value is -1.32. The minimum atomic E-state index is -0.490. The van der Waals surface area contributed by atoms with Crippen molar-refractivity contribution in [1.29, 1.82) is 0 Å². The van der Waals surface area contributed by atoms with Gasteiger partial charge in [0.1, 0.15) is 6.04 Å². The van der Waals surface area contributed by atoms with Gasteiger partial charge in [0.2, 0.25) is 11.8 Å². The molecule has 4 heteroatoms. The molecule has 0 aromatic rings. The molecule has 0 heterocycles. The fraction of sp³-hybridized carbons (Fsp3) is 0.556. The van der Waals surface area contributed by atoms with E-state index in [9.17, 15) is 9.59 Å². The summed E-state index contributed by atoms with van der Waals surface area (Å²) < 4.78 is 0. The van der Waals surface area contributed by atoms with E-state index in [4.69, 9.17) is 0 Å². The lowest BCUT2D eigenvalue weighted by Crippen LogP contribution is -2.48. The first kappa shape index (κ1) is 11.7. The average molecular weight is 184 g/mol. The number of hydrogen-bond acceptors (Lipinski definition) is 2. The molecule has 0 spiro atoms. The highest BCUT2D eigenvalue weighted by atomic mass is 16.2. The molecular weight excluding hydrogens is 168 g/mol. The van der Waals surface area contributed by atoms with Crippen molar-refractivity contribution < 1.29 is 9.59 Å². The van der Waals surface area contributed by atoms with E-state index in [1.165, 1.54) is 7.05 Å². The number of rotatable bonds is 4. The van der Waals surface area contributed by atoms with Gasteiger partial charge < -0.3 is 10.6 Å². The number of nitrogens with one attached hydrogen (secondary N) is 2. The van der Waals surface area contributed by atoms with Gasteiger partial charge in [-0.15, -0.1) is 0 Å². The third-order valence-electron chi connectivity index (χ3n) is 1.68. The molecule has 4 nitrogen and oxygen atoms in total. The monoisotopic (exact) mass is 184 g/mol. The molecule has 74 valence electrons. The number of carbonyl (C=O) groups excluding carboxylic acids is 2. The van der Waals surface area contributed by atoms with Gasteiger partial charge in [0.25, 0.3) is 0 Å². The highest BCUT2D eigenvalue weighted by molar-refractivity contribution is 5.92. The average Bonchev–Trinajstić information content (AvgIpc) is 2.11. The van der Waals surface area contributed by atoms with Crippen LogP contribution in [0.2, 0.25) is 0 Å². The maximum Gasteiger partial charge on any atom is 0.244 e. The van der Waals surface area contributed by atoms with Crippen LogP contribution in [0, 0.1) is 5.92 Å². The van der Waals surface area contributed by atoms with E-state index in [0.29, 0.717) is 0 Å². The van der Waals surface area contributed by atoms with E-state index in [2.05, 4.69) is 17.2 Å². The summed E-state index contributed by atoms with van der Waals surface area (Å²) in [6, 6.07) is -0.490. The van der Waals surface area contributed by atoms with E-state index in [1.807, 2.05) is 13.8 Å². The zero-order valence-electron chi connectivity index (χ0n) is 8.26. The molecule has 0 aromatic carbocycles. The topological polar surface area (TPSA) is 58.2 Å². The quantitative estimate of drug-likeness (QED) is 0.607. The number of carbonyl (C=O) groups is 2. The van der Waals surface area contributed by atoms with Crippen LogP contribution in [-0.2, 0) is 9.59 Å². The van der Waals surface area contributed by atoms with Gasteiger partial charge in [-0.3, -0.25) is 9.59 Å². The summed E-state index contributed by atoms with van der Waals surface area (Å²) in [6.07, 6.45) is 1.15. The second-order valence-electron chi connectivity index (χ2n) is 3.05. The Labute approximate surface area is 78.4 Å². The Morgan fingerprint density at radius 3 is 2.23 bits per heavy atom. The summed E-state index contributed by atoms with van der Waals surface area (Å²) in [5.74, 6) is -0.462. The second-order valence-corrected chi connectivity index (χ2v) is 3.05. The largest absolute Gasteiger partial charge is 0.357 e. The molecule has 1 atom stereocenters.